The number of anilines is 1. The molecule has 3 rings (SSSR count). The normalized spacial score (nSPS) is 13.4. The molecule has 0 spiro atoms. The van der Waals surface area contributed by atoms with Gasteiger partial charge in [0, 0.05) is 11.1 Å². The zero-order valence-electron chi connectivity index (χ0n) is 9.44. The van der Waals surface area contributed by atoms with E-state index in [-0.39, 0.29) is 11.9 Å². The Hall–Kier alpha value is -1.46. The zero-order chi connectivity index (χ0) is 12.5. The van der Waals surface area contributed by atoms with Gasteiger partial charge in [0.25, 0.3) is 5.91 Å². The van der Waals surface area contributed by atoms with Crippen LogP contribution in [0.15, 0.2) is 18.3 Å². The SMILES string of the molecule is O=C(Nc1nccc(Cl)n1)c1cc2c(s1)CCC2. The molecule has 1 aliphatic carbocycles. The maximum absolute atomic E-state index is 12.0. The number of aromatic nitrogens is 2. The molecule has 2 heterocycles. The van der Waals surface area contributed by atoms with Gasteiger partial charge >= 0.3 is 0 Å². The molecule has 2 aromatic heterocycles. The van der Waals surface area contributed by atoms with Crippen LogP contribution in [0.2, 0.25) is 5.15 Å². The molecule has 1 aliphatic rings. The topological polar surface area (TPSA) is 54.9 Å². The number of amides is 1. The lowest BCUT2D eigenvalue weighted by Crippen LogP contribution is -2.12. The average molecular weight is 280 g/mol. The minimum Gasteiger partial charge on any atom is -0.290 e. The molecule has 0 saturated heterocycles. The standard InChI is InChI=1S/C12H10ClN3OS/c13-10-4-5-14-12(15-10)16-11(17)9-6-7-2-1-3-8(7)18-9/h4-6H,1-3H2,(H,14,15,16,17). The number of nitrogens with one attached hydrogen (secondary N) is 1. The van der Waals surface area contributed by atoms with Crippen molar-refractivity contribution in [2.45, 2.75) is 19.3 Å². The Kier molecular flexibility index (Phi) is 3.01. The number of hydrogen-bond donors (Lipinski definition) is 1. The fraction of sp³-hybridized carbons (Fsp3) is 0.250. The van der Waals surface area contributed by atoms with Gasteiger partial charge in [-0.25, -0.2) is 9.97 Å². The Balaban J connectivity index is 1.78. The molecule has 0 fully saturated rings. The van der Waals surface area contributed by atoms with E-state index in [4.69, 9.17) is 11.6 Å². The summed E-state index contributed by atoms with van der Waals surface area (Å²) in [5.41, 5.74) is 1.30. The summed E-state index contributed by atoms with van der Waals surface area (Å²) < 4.78 is 0. The van der Waals surface area contributed by atoms with E-state index in [0.29, 0.717) is 10.0 Å². The van der Waals surface area contributed by atoms with Crippen LogP contribution < -0.4 is 5.32 Å². The summed E-state index contributed by atoms with van der Waals surface area (Å²) in [6.07, 6.45) is 4.87. The molecule has 0 unspecified atom stereocenters. The van der Waals surface area contributed by atoms with Crippen LogP contribution in [-0.4, -0.2) is 15.9 Å². The van der Waals surface area contributed by atoms with Crippen molar-refractivity contribution in [3.63, 3.8) is 0 Å². The van der Waals surface area contributed by atoms with Gasteiger partial charge in [-0.1, -0.05) is 11.6 Å². The van der Waals surface area contributed by atoms with E-state index in [1.54, 1.807) is 17.4 Å². The van der Waals surface area contributed by atoms with Crippen LogP contribution in [0.4, 0.5) is 5.95 Å². The highest BCUT2D eigenvalue weighted by Gasteiger charge is 2.18. The predicted octanol–water partition coefficient (Wildman–Crippen LogP) is 2.93. The third-order valence-corrected chi connectivity index (χ3v) is 4.26. The zero-order valence-corrected chi connectivity index (χ0v) is 11.0. The summed E-state index contributed by atoms with van der Waals surface area (Å²) in [4.78, 5) is 21.9. The molecule has 0 bridgehead atoms. The lowest BCUT2D eigenvalue weighted by Gasteiger charge is -2.01. The third-order valence-electron chi connectivity index (χ3n) is 2.82. The molecule has 4 nitrogen and oxygen atoms in total. The second kappa shape index (κ2) is 4.66. The Morgan fingerprint density at radius 3 is 3.11 bits per heavy atom. The Labute approximate surface area is 113 Å². The molecule has 0 atom stereocenters. The molecule has 92 valence electrons. The lowest BCUT2D eigenvalue weighted by molar-refractivity contribution is 0.102. The molecule has 0 aliphatic heterocycles. The smallest absolute Gasteiger partial charge is 0.268 e. The quantitative estimate of drug-likeness (QED) is 0.860. The summed E-state index contributed by atoms with van der Waals surface area (Å²) in [7, 11) is 0. The van der Waals surface area contributed by atoms with Gasteiger partial charge in [0.2, 0.25) is 5.95 Å². The number of hydrogen-bond acceptors (Lipinski definition) is 4. The summed E-state index contributed by atoms with van der Waals surface area (Å²) in [6, 6.07) is 3.53. The van der Waals surface area contributed by atoms with Crippen molar-refractivity contribution in [2.75, 3.05) is 5.32 Å². The number of carbonyl (C=O) groups excluding carboxylic acids is 1. The van der Waals surface area contributed by atoms with Gasteiger partial charge in [-0.3, -0.25) is 10.1 Å². The minimum absolute atomic E-state index is 0.170. The molecular formula is C12H10ClN3OS. The molecular weight excluding hydrogens is 270 g/mol. The van der Waals surface area contributed by atoms with Crippen LogP contribution in [0.25, 0.3) is 0 Å². The fourth-order valence-corrected chi connectivity index (χ4v) is 3.29. The summed E-state index contributed by atoms with van der Waals surface area (Å²) in [5.74, 6) is 0.0673. The largest absolute Gasteiger partial charge is 0.290 e. The molecule has 18 heavy (non-hydrogen) atoms. The van der Waals surface area contributed by atoms with Crippen molar-refractivity contribution >= 4 is 34.8 Å². The lowest BCUT2D eigenvalue weighted by atomic mass is 10.2. The van der Waals surface area contributed by atoms with E-state index in [1.807, 2.05) is 6.07 Å². The van der Waals surface area contributed by atoms with Gasteiger partial charge < -0.3 is 0 Å². The van der Waals surface area contributed by atoms with Crippen LogP contribution in [0.5, 0.6) is 0 Å². The van der Waals surface area contributed by atoms with Gasteiger partial charge in [-0.05, 0) is 37.0 Å². The van der Waals surface area contributed by atoms with Crippen molar-refractivity contribution in [1.82, 2.24) is 9.97 Å². The van der Waals surface area contributed by atoms with Crippen molar-refractivity contribution in [1.29, 1.82) is 0 Å². The van der Waals surface area contributed by atoms with Crippen LogP contribution in [0.1, 0.15) is 26.5 Å². The van der Waals surface area contributed by atoms with E-state index >= 15 is 0 Å². The average Bonchev–Trinajstić information content (AvgIpc) is 2.88. The van der Waals surface area contributed by atoms with Gasteiger partial charge in [-0.2, -0.15) is 0 Å². The van der Waals surface area contributed by atoms with Gasteiger partial charge in [-0.15, -0.1) is 11.3 Å². The molecule has 0 saturated carbocycles. The summed E-state index contributed by atoms with van der Waals surface area (Å²) in [5, 5.41) is 2.97. The molecule has 0 radical (unpaired) electrons. The monoisotopic (exact) mass is 279 g/mol. The highest BCUT2D eigenvalue weighted by atomic mass is 35.5. The second-order valence-corrected chi connectivity index (χ2v) is 5.59. The first kappa shape index (κ1) is 11.6. The first-order valence-electron chi connectivity index (χ1n) is 5.64. The number of aryl methyl sites for hydroxylation is 2. The minimum atomic E-state index is -0.170. The van der Waals surface area contributed by atoms with Crippen molar-refractivity contribution in [2.24, 2.45) is 0 Å². The van der Waals surface area contributed by atoms with Gasteiger partial charge in [0.05, 0.1) is 4.88 Å². The first-order chi connectivity index (χ1) is 8.72. The third kappa shape index (κ3) is 2.23. The highest BCUT2D eigenvalue weighted by molar-refractivity contribution is 7.14. The molecule has 6 heteroatoms. The number of nitrogens with zero attached hydrogens (tertiary/aromatic N) is 2. The number of fused-ring (bicyclic) bond motifs is 1. The van der Waals surface area contributed by atoms with E-state index in [0.717, 1.165) is 12.8 Å². The number of thiophene rings is 1. The molecule has 1 amide bonds. The van der Waals surface area contributed by atoms with Crippen LogP contribution in [0, 0.1) is 0 Å². The Morgan fingerprint density at radius 2 is 2.33 bits per heavy atom. The number of halogens is 1. The van der Waals surface area contributed by atoms with Crippen LogP contribution in [-0.2, 0) is 12.8 Å². The maximum Gasteiger partial charge on any atom is 0.268 e. The second-order valence-electron chi connectivity index (χ2n) is 4.07. The van der Waals surface area contributed by atoms with Crippen molar-refractivity contribution in [3.8, 4) is 0 Å². The maximum atomic E-state index is 12.0. The van der Waals surface area contributed by atoms with E-state index < -0.39 is 0 Å². The highest BCUT2D eigenvalue weighted by Crippen LogP contribution is 2.30. The number of carbonyl (C=O) groups is 1. The van der Waals surface area contributed by atoms with Crippen molar-refractivity contribution in [3.05, 3.63) is 38.8 Å². The molecule has 2 aromatic rings. The van der Waals surface area contributed by atoms with Crippen molar-refractivity contribution < 1.29 is 4.79 Å². The van der Waals surface area contributed by atoms with E-state index in [9.17, 15) is 4.79 Å². The molecule has 0 aromatic carbocycles. The number of rotatable bonds is 2. The summed E-state index contributed by atoms with van der Waals surface area (Å²) in [6.45, 7) is 0. The van der Waals surface area contributed by atoms with Crippen LogP contribution in [0.3, 0.4) is 0 Å². The molecule has 1 N–H and O–H groups in total. The van der Waals surface area contributed by atoms with E-state index in [1.165, 1.54) is 23.1 Å². The van der Waals surface area contributed by atoms with E-state index in [2.05, 4.69) is 15.3 Å². The van der Waals surface area contributed by atoms with Crippen LogP contribution >= 0.6 is 22.9 Å². The van der Waals surface area contributed by atoms with Gasteiger partial charge in [0.1, 0.15) is 5.15 Å². The predicted molar refractivity (Wildman–Crippen MR) is 71.3 cm³/mol. The van der Waals surface area contributed by atoms with Gasteiger partial charge in [0.15, 0.2) is 0 Å². The Morgan fingerprint density at radius 1 is 1.44 bits per heavy atom. The first-order valence-corrected chi connectivity index (χ1v) is 6.83. The fourth-order valence-electron chi connectivity index (χ4n) is 2.00. The Bertz CT molecular complexity index is 590. The summed E-state index contributed by atoms with van der Waals surface area (Å²) >= 11 is 7.29.